The molecule has 4 aromatic rings. The molecule has 1 saturated heterocycles. The third-order valence-electron chi connectivity index (χ3n) is 9.41. The van der Waals surface area contributed by atoms with Gasteiger partial charge in [-0.15, -0.1) is 0 Å². The van der Waals surface area contributed by atoms with Crippen LogP contribution in [0.1, 0.15) is 76.1 Å². The average molecular weight is 897 g/mol. The molecule has 12 nitrogen and oxygen atoms in total. The Labute approximate surface area is 344 Å². The largest absolute Gasteiger partial charge is 0.497 e. The molecule has 0 aliphatic carbocycles. The highest BCUT2D eigenvalue weighted by Gasteiger charge is 2.45. The van der Waals surface area contributed by atoms with Crippen molar-refractivity contribution in [1.29, 1.82) is 5.26 Å². The third-order valence-corrected chi connectivity index (χ3v) is 12.5. The first-order valence-electron chi connectivity index (χ1n) is 18.6. The maximum absolute atomic E-state index is 13.5. The fourth-order valence-electron chi connectivity index (χ4n) is 6.87. The Morgan fingerprint density at radius 1 is 0.982 bits per heavy atom. The van der Waals surface area contributed by atoms with Gasteiger partial charge >= 0.3 is 5.69 Å². The minimum absolute atomic E-state index is 0.0422. The first-order chi connectivity index (χ1) is 26.9. The molecule has 1 aliphatic heterocycles. The van der Waals surface area contributed by atoms with Crippen LogP contribution in [-0.2, 0) is 35.3 Å². The lowest BCUT2D eigenvalue weighted by Crippen LogP contribution is -2.39. The van der Waals surface area contributed by atoms with Crippen LogP contribution in [0.5, 0.6) is 11.5 Å². The molecule has 3 aromatic carbocycles. The first kappa shape index (κ1) is 43.4. The number of carbonyl (C=O) groups excluding carboxylic acids is 1. The molecule has 0 spiro atoms. The molecular formula is C42H50IN4O8P. The van der Waals surface area contributed by atoms with Crippen LogP contribution in [0.15, 0.2) is 89.9 Å². The second-order valence-electron chi connectivity index (χ2n) is 14.0. The van der Waals surface area contributed by atoms with Crippen molar-refractivity contribution in [2.45, 2.75) is 90.0 Å². The van der Waals surface area contributed by atoms with Gasteiger partial charge in [-0.2, -0.15) is 10.2 Å². The number of halogens is 1. The van der Waals surface area contributed by atoms with Crippen molar-refractivity contribution in [3.63, 3.8) is 0 Å². The number of hydrogen-bond donors (Lipinski definition) is 0. The van der Waals surface area contributed by atoms with Gasteiger partial charge in [0, 0.05) is 31.1 Å². The number of nitrogens with zero attached hydrogens (tertiary/aromatic N) is 4. The van der Waals surface area contributed by atoms with Crippen molar-refractivity contribution in [3.05, 3.63) is 121 Å². The summed E-state index contributed by atoms with van der Waals surface area (Å²) in [6.45, 7) is 10.0. The molecule has 1 fully saturated rings. The normalized spacial score (nSPS) is 17.6. The lowest BCUT2D eigenvalue weighted by atomic mass is 9.80. The Morgan fingerprint density at radius 3 is 2.07 bits per heavy atom. The maximum Gasteiger partial charge on any atom is 0.349 e. The van der Waals surface area contributed by atoms with E-state index in [1.54, 1.807) is 20.4 Å². The predicted molar refractivity (Wildman–Crippen MR) is 222 cm³/mol. The number of benzene rings is 3. The van der Waals surface area contributed by atoms with Crippen molar-refractivity contribution in [3.8, 4) is 17.6 Å². The number of carbonyl (C=O) groups is 1. The van der Waals surface area contributed by atoms with E-state index in [2.05, 4.69) is 66.0 Å². The van der Waals surface area contributed by atoms with Crippen molar-refractivity contribution in [2.75, 3.05) is 27.4 Å². The van der Waals surface area contributed by atoms with E-state index < -0.39 is 38.3 Å². The van der Waals surface area contributed by atoms with Gasteiger partial charge in [0.2, 0.25) is 0 Å². The molecule has 0 N–H and O–H groups in total. The van der Waals surface area contributed by atoms with Gasteiger partial charge < -0.3 is 28.0 Å². The summed E-state index contributed by atoms with van der Waals surface area (Å²) in [5.74, 6) is 1.32. The molecule has 2 heterocycles. The summed E-state index contributed by atoms with van der Waals surface area (Å²) in [6, 6.07) is 27.8. The summed E-state index contributed by atoms with van der Waals surface area (Å²) in [5.41, 5.74) is 1.35. The molecule has 0 saturated carbocycles. The van der Waals surface area contributed by atoms with Gasteiger partial charge in [0.1, 0.15) is 35.2 Å². The Morgan fingerprint density at radius 2 is 1.55 bits per heavy atom. The number of hydrogen-bond acceptors (Lipinski definition) is 11. The van der Waals surface area contributed by atoms with Gasteiger partial charge in [0.25, 0.3) is 8.53 Å². The molecule has 0 amide bonds. The number of rotatable bonds is 19. The smallest absolute Gasteiger partial charge is 0.349 e. The highest BCUT2D eigenvalue weighted by atomic mass is 127. The molecular weight excluding hydrogens is 846 g/mol. The fourth-order valence-corrected chi connectivity index (χ4v) is 9.24. The minimum atomic E-state index is -1.67. The highest BCUT2D eigenvalue weighted by molar-refractivity contribution is 14.1. The van der Waals surface area contributed by atoms with E-state index in [1.807, 2.05) is 78.9 Å². The number of methoxy groups -OCH3 is 2. The summed E-state index contributed by atoms with van der Waals surface area (Å²) in [7, 11) is 1.59. The molecule has 1 aliphatic rings. The lowest BCUT2D eigenvalue weighted by molar-refractivity contribution is -0.116. The summed E-state index contributed by atoms with van der Waals surface area (Å²) in [5, 5.41) is 9.34. The van der Waals surface area contributed by atoms with Gasteiger partial charge in [-0.3, -0.25) is 9.36 Å². The van der Waals surface area contributed by atoms with E-state index in [0.29, 0.717) is 20.8 Å². The summed E-state index contributed by atoms with van der Waals surface area (Å²) in [4.78, 5) is 29.7. The Bertz CT molecular complexity index is 1930. The van der Waals surface area contributed by atoms with Crippen LogP contribution in [-0.4, -0.2) is 71.7 Å². The van der Waals surface area contributed by atoms with Crippen LogP contribution < -0.4 is 15.2 Å². The Balaban J connectivity index is 1.61. The average Bonchev–Trinajstić information content (AvgIpc) is 3.58. The van der Waals surface area contributed by atoms with E-state index in [0.717, 1.165) is 16.7 Å². The van der Waals surface area contributed by atoms with E-state index in [1.165, 1.54) is 11.5 Å². The molecule has 0 radical (unpaired) electrons. The maximum atomic E-state index is 13.5. The standard InChI is InChI=1S/C42H50IN4O8P/c1-28(2)47(29(3)4)56(53-23-11-22-44)55-38-25-40(46-26-36(43)37(24-30(5)48)45-41(46)49)54-39(38)27-52-42(31-12-9-8-10-13-31,32-14-18-34(50-6)19-15-32)33-16-20-35(51-7)21-17-33/h8-10,12-21,26,28-29,38-40H,11,23-25,27H2,1-7H3. The second kappa shape index (κ2) is 20.1. The van der Waals surface area contributed by atoms with Crippen LogP contribution in [0, 0.1) is 14.9 Å². The summed E-state index contributed by atoms with van der Waals surface area (Å²) in [6.07, 6.45) is 0.183. The number of aromatic nitrogens is 2. The Kier molecular flexibility index (Phi) is 15.6. The number of nitriles is 1. The zero-order valence-corrected chi connectivity index (χ0v) is 35.9. The topological polar surface area (TPSA) is 134 Å². The second-order valence-corrected chi connectivity index (χ2v) is 16.5. The molecule has 298 valence electrons. The van der Waals surface area contributed by atoms with Crippen LogP contribution in [0.2, 0.25) is 0 Å². The third kappa shape index (κ3) is 10.2. The molecule has 0 bridgehead atoms. The number of Topliss-reactive ketones (excluding diaryl/α,β-unsaturated/α-hetero) is 1. The first-order valence-corrected chi connectivity index (χ1v) is 20.8. The molecule has 4 unspecified atom stereocenters. The quantitative estimate of drug-likeness (QED) is 0.0393. The summed E-state index contributed by atoms with van der Waals surface area (Å²) >= 11 is 2.10. The Hall–Kier alpha value is -3.74. The van der Waals surface area contributed by atoms with E-state index in [4.69, 9.17) is 28.0 Å². The predicted octanol–water partition coefficient (Wildman–Crippen LogP) is 7.95. The van der Waals surface area contributed by atoms with Gasteiger partial charge in [-0.1, -0.05) is 54.6 Å². The summed E-state index contributed by atoms with van der Waals surface area (Å²) < 4.78 is 42.6. The van der Waals surface area contributed by atoms with Gasteiger partial charge in [-0.05, 0) is 98.2 Å². The lowest BCUT2D eigenvalue weighted by Gasteiger charge is -2.39. The molecule has 4 atom stereocenters. The molecule has 1 aromatic heterocycles. The van der Waals surface area contributed by atoms with Crippen molar-refractivity contribution >= 4 is 36.9 Å². The monoisotopic (exact) mass is 896 g/mol. The van der Waals surface area contributed by atoms with E-state index in [-0.39, 0.29) is 50.3 Å². The van der Waals surface area contributed by atoms with Gasteiger partial charge in [0.05, 0.1) is 55.3 Å². The van der Waals surface area contributed by atoms with Crippen molar-refractivity contribution < 1.29 is 32.8 Å². The van der Waals surface area contributed by atoms with Crippen molar-refractivity contribution in [2.24, 2.45) is 0 Å². The SMILES string of the molecule is COc1ccc(C(OCC2OC(n3cc(I)c(CC(C)=O)nc3=O)CC2OP(OCCC#N)N(C(C)C)C(C)C)(c2ccccc2)c2ccc(OC)cc2)cc1. The zero-order valence-electron chi connectivity index (χ0n) is 32.9. The zero-order chi connectivity index (χ0) is 40.4. The fraction of sp³-hybridized carbons (Fsp3) is 0.429. The van der Waals surface area contributed by atoms with E-state index in [9.17, 15) is 14.9 Å². The van der Waals surface area contributed by atoms with Crippen LogP contribution in [0.25, 0.3) is 0 Å². The molecule has 14 heteroatoms. The van der Waals surface area contributed by atoms with E-state index >= 15 is 0 Å². The van der Waals surface area contributed by atoms with Crippen LogP contribution in [0.4, 0.5) is 0 Å². The van der Waals surface area contributed by atoms with Crippen LogP contribution in [0.3, 0.4) is 0 Å². The van der Waals surface area contributed by atoms with Crippen LogP contribution >= 0.6 is 31.1 Å². The molecule has 5 rings (SSSR count). The van der Waals surface area contributed by atoms with Gasteiger partial charge in [-0.25, -0.2) is 9.46 Å². The molecule has 56 heavy (non-hydrogen) atoms. The minimum Gasteiger partial charge on any atom is -0.497 e. The number of ether oxygens (including phenoxy) is 4. The van der Waals surface area contributed by atoms with Crippen molar-refractivity contribution in [1.82, 2.24) is 14.2 Å². The number of ketones is 1. The van der Waals surface area contributed by atoms with Gasteiger partial charge in [0.15, 0.2) is 0 Å². The highest BCUT2D eigenvalue weighted by Crippen LogP contribution is 2.50.